The summed E-state index contributed by atoms with van der Waals surface area (Å²) in [5.74, 6) is 1.01. The van der Waals surface area contributed by atoms with Crippen LogP contribution in [0.5, 0.6) is 0 Å². The molecule has 2 nitrogen and oxygen atoms in total. The molecule has 0 aliphatic rings. The summed E-state index contributed by atoms with van der Waals surface area (Å²) in [6.07, 6.45) is 0. The molecule has 0 aliphatic heterocycles. The van der Waals surface area contributed by atoms with E-state index in [4.69, 9.17) is 4.74 Å². The molecule has 1 unspecified atom stereocenters. The van der Waals surface area contributed by atoms with Crippen LogP contribution < -0.4 is 5.32 Å². The molecule has 0 heterocycles. The average molecular weight is 225 g/mol. The summed E-state index contributed by atoms with van der Waals surface area (Å²) in [5.41, 5.74) is 1.33. The van der Waals surface area contributed by atoms with Gasteiger partial charge in [-0.05, 0) is 31.7 Å². The molecule has 0 bridgehead atoms. The van der Waals surface area contributed by atoms with Crippen molar-refractivity contribution in [3.8, 4) is 0 Å². The first-order valence-electron chi connectivity index (χ1n) is 5.17. The minimum absolute atomic E-state index is 0.419. The molecule has 3 heteroatoms. The SMILES string of the molecule is CNC(C)c1ccc(SCCOC)cc1. The van der Waals surface area contributed by atoms with Crippen LogP contribution in [0.1, 0.15) is 18.5 Å². The highest BCUT2D eigenvalue weighted by molar-refractivity contribution is 7.99. The Hall–Kier alpha value is -0.510. The third-order valence-corrected chi connectivity index (χ3v) is 3.35. The largest absolute Gasteiger partial charge is 0.384 e. The fourth-order valence-electron chi connectivity index (χ4n) is 1.26. The number of nitrogens with one attached hydrogen (secondary N) is 1. The van der Waals surface area contributed by atoms with Gasteiger partial charge >= 0.3 is 0 Å². The van der Waals surface area contributed by atoms with Gasteiger partial charge in [0, 0.05) is 23.8 Å². The minimum Gasteiger partial charge on any atom is -0.384 e. The highest BCUT2D eigenvalue weighted by Gasteiger charge is 2.01. The summed E-state index contributed by atoms with van der Waals surface area (Å²) in [5, 5.41) is 3.23. The smallest absolute Gasteiger partial charge is 0.0556 e. The fraction of sp³-hybridized carbons (Fsp3) is 0.500. The van der Waals surface area contributed by atoms with E-state index in [1.807, 2.05) is 18.8 Å². The van der Waals surface area contributed by atoms with Gasteiger partial charge in [-0.1, -0.05) is 12.1 Å². The lowest BCUT2D eigenvalue weighted by Crippen LogP contribution is -2.11. The summed E-state index contributed by atoms with van der Waals surface area (Å²) in [7, 11) is 3.71. The summed E-state index contributed by atoms with van der Waals surface area (Å²) in [4.78, 5) is 1.30. The van der Waals surface area contributed by atoms with Gasteiger partial charge in [0.15, 0.2) is 0 Å². The normalized spacial score (nSPS) is 12.7. The van der Waals surface area contributed by atoms with Gasteiger partial charge in [-0.3, -0.25) is 0 Å². The number of hydrogen-bond acceptors (Lipinski definition) is 3. The number of ether oxygens (including phenoxy) is 1. The molecule has 0 aromatic heterocycles. The van der Waals surface area contributed by atoms with Crippen molar-refractivity contribution in [2.45, 2.75) is 17.9 Å². The van der Waals surface area contributed by atoms with Gasteiger partial charge in [0.25, 0.3) is 0 Å². The molecule has 1 rings (SSSR count). The predicted octanol–water partition coefficient (Wildman–Crippen LogP) is 2.71. The molecule has 0 spiro atoms. The Kier molecular flexibility index (Phi) is 5.76. The molecule has 1 aromatic rings. The Morgan fingerprint density at radius 1 is 1.33 bits per heavy atom. The van der Waals surface area contributed by atoms with Crippen molar-refractivity contribution < 1.29 is 4.74 Å². The number of rotatable bonds is 6. The molecule has 0 aliphatic carbocycles. The lowest BCUT2D eigenvalue weighted by Gasteiger charge is -2.10. The number of hydrogen-bond donors (Lipinski definition) is 1. The maximum atomic E-state index is 5.01. The van der Waals surface area contributed by atoms with Gasteiger partial charge in [0.05, 0.1) is 6.61 Å². The molecule has 0 saturated heterocycles. The van der Waals surface area contributed by atoms with Gasteiger partial charge in [-0.25, -0.2) is 0 Å². The first-order chi connectivity index (χ1) is 7.27. The minimum atomic E-state index is 0.419. The van der Waals surface area contributed by atoms with Crippen molar-refractivity contribution in [2.24, 2.45) is 0 Å². The van der Waals surface area contributed by atoms with Crippen LogP contribution in [0, 0.1) is 0 Å². The van der Waals surface area contributed by atoms with E-state index in [9.17, 15) is 0 Å². The van der Waals surface area contributed by atoms with Crippen molar-refractivity contribution >= 4 is 11.8 Å². The Labute approximate surface area is 96.4 Å². The second-order valence-corrected chi connectivity index (χ2v) is 4.59. The van der Waals surface area contributed by atoms with Crippen LogP contribution in [0.4, 0.5) is 0 Å². The van der Waals surface area contributed by atoms with Crippen LogP contribution >= 0.6 is 11.8 Å². The number of thioether (sulfide) groups is 1. The van der Waals surface area contributed by atoms with Crippen LogP contribution in [0.25, 0.3) is 0 Å². The van der Waals surface area contributed by atoms with E-state index in [2.05, 4.69) is 36.5 Å². The monoisotopic (exact) mass is 225 g/mol. The highest BCUT2D eigenvalue weighted by Crippen LogP contribution is 2.20. The Morgan fingerprint density at radius 3 is 2.53 bits per heavy atom. The van der Waals surface area contributed by atoms with E-state index in [1.54, 1.807) is 7.11 Å². The van der Waals surface area contributed by atoms with Gasteiger partial charge in [0.2, 0.25) is 0 Å². The fourth-order valence-corrected chi connectivity index (χ4v) is 2.08. The van der Waals surface area contributed by atoms with E-state index in [0.29, 0.717) is 6.04 Å². The zero-order chi connectivity index (χ0) is 11.1. The Morgan fingerprint density at radius 2 is 2.00 bits per heavy atom. The maximum absolute atomic E-state index is 5.01. The predicted molar refractivity (Wildman–Crippen MR) is 66.5 cm³/mol. The standard InChI is InChI=1S/C12H19NOS/c1-10(13-2)11-4-6-12(7-5-11)15-9-8-14-3/h4-7,10,13H,8-9H2,1-3H3. The summed E-state index contributed by atoms with van der Waals surface area (Å²) in [6, 6.07) is 9.11. The van der Waals surface area contributed by atoms with Gasteiger partial charge in [-0.2, -0.15) is 0 Å². The van der Waals surface area contributed by atoms with Crippen molar-refractivity contribution in [2.75, 3.05) is 26.5 Å². The third-order valence-electron chi connectivity index (χ3n) is 2.37. The summed E-state index contributed by atoms with van der Waals surface area (Å²) >= 11 is 1.83. The van der Waals surface area contributed by atoms with Crippen LogP contribution in [-0.2, 0) is 4.74 Å². The average Bonchev–Trinajstić information content (AvgIpc) is 2.29. The molecule has 84 valence electrons. The van der Waals surface area contributed by atoms with Gasteiger partial charge < -0.3 is 10.1 Å². The van der Waals surface area contributed by atoms with E-state index < -0.39 is 0 Å². The zero-order valence-corrected chi connectivity index (χ0v) is 10.4. The van der Waals surface area contributed by atoms with Gasteiger partial charge in [-0.15, -0.1) is 11.8 Å². The number of benzene rings is 1. The summed E-state index contributed by atoms with van der Waals surface area (Å²) < 4.78 is 5.01. The summed E-state index contributed by atoms with van der Waals surface area (Å²) in [6.45, 7) is 2.96. The molecule has 1 atom stereocenters. The molecule has 0 amide bonds. The molecular formula is C12H19NOS. The van der Waals surface area contributed by atoms with Crippen molar-refractivity contribution in [1.82, 2.24) is 5.32 Å². The molecule has 1 aromatic carbocycles. The van der Waals surface area contributed by atoms with Crippen LogP contribution in [0.2, 0.25) is 0 Å². The van der Waals surface area contributed by atoms with Crippen LogP contribution in [0.3, 0.4) is 0 Å². The highest BCUT2D eigenvalue weighted by atomic mass is 32.2. The second kappa shape index (κ2) is 6.88. The van der Waals surface area contributed by atoms with Crippen molar-refractivity contribution in [3.05, 3.63) is 29.8 Å². The lowest BCUT2D eigenvalue weighted by atomic mass is 10.1. The zero-order valence-electron chi connectivity index (χ0n) is 9.62. The van der Waals surface area contributed by atoms with E-state index in [1.165, 1.54) is 10.5 Å². The topological polar surface area (TPSA) is 21.3 Å². The Balaban J connectivity index is 2.49. The van der Waals surface area contributed by atoms with Crippen LogP contribution in [0.15, 0.2) is 29.2 Å². The number of methoxy groups -OCH3 is 1. The third kappa shape index (κ3) is 4.24. The first kappa shape index (κ1) is 12.6. The van der Waals surface area contributed by atoms with E-state index in [0.717, 1.165) is 12.4 Å². The van der Waals surface area contributed by atoms with E-state index >= 15 is 0 Å². The molecule has 0 saturated carbocycles. The first-order valence-corrected chi connectivity index (χ1v) is 6.15. The Bertz CT molecular complexity index is 273. The van der Waals surface area contributed by atoms with E-state index in [-0.39, 0.29) is 0 Å². The quantitative estimate of drug-likeness (QED) is 0.594. The lowest BCUT2D eigenvalue weighted by molar-refractivity contribution is 0.218. The second-order valence-electron chi connectivity index (χ2n) is 3.42. The molecule has 0 radical (unpaired) electrons. The maximum Gasteiger partial charge on any atom is 0.0556 e. The molecule has 0 fully saturated rings. The molecule has 1 N–H and O–H groups in total. The molecular weight excluding hydrogens is 206 g/mol. The van der Waals surface area contributed by atoms with Gasteiger partial charge in [0.1, 0.15) is 0 Å². The molecule has 15 heavy (non-hydrogen) atoms. The van der Waals surface area contributed by atoms with Crippen molar-refractivity contribution in [1.29, 1.82) is 0 Å². The van der Waals surface area contributed by atoms with Crippen molar-refractivity contribution in [3.63, 3.8) is 0 Å². The van der Waals surface area contributed by atoms with Crippen LogP contribution in [-0.4, -0.2) is 26.5 Å².